The smallest absolute Gasteiger partial charge is 0.403 e. The minimum absolute atomic E-state index is 0.0240. The number of alkyl halides is 3. The molecule has 0 aromatic carbocycles. The Morgan fingerprint density at radius 1 is 1.25 bits per heavy atom. The van der Waals surface area contributed by atoms with Crippen LogP contribution in [0.25, 0.3) is 11.5 Å². The third-order valence-corrected chi connectivity index (χ3v) is 6.72. The van der Waals surface area contributed by atoms with Crippen LogP contribution in [0.15, 0.2) is 21.3 Å². The number of nitrogens with zero attached hydrogens (tertiary/aromatic N) is 3. The van der Waals surface area contributed by atoms with Gasteiger partial charge in [0.05, 0.1) is 0 Å². The topological polar surface area (TPSA) is 104 Å². The molecule has 2 aliphatic rings. The lowest BCUT2D eigenvalue weighted by Gasteiger charge is -2.35. The van der Waals surface area contributed by atoms with Gasteiger partial charge in [0, 0.05) is 13.1 Å². The molecule has 32 heavy (non-hydrogen) atoms. The van der Waals surface area contributed by atoms with E-state index in [-0.39, 0.29) is 29.3 Å². The maximum Gasteiger partial charge on any atom is 0.431 e. The Morgan fingerprint density at radius 3 is 2.50 bits per heavy atom. The van der Waals surface area contributed by atoms with Gasteiger partial charge >= 0.3 is 12.2 Å². The number of hydrogen-bond acceptors (Lipinski definition) is 6. The van der Waals surface area contributed by atoms with Crippen molar-refractivity contribution in [3.05, 3.63) is 28.2 Å². The average Bonchev–Trinajstić information content (AvgIpc) is 3.34. The van der Waals surface area contributed by atoms with E-state index in [0.29, 0.717) is 5.41 Å². The molecule has 1 amide bonds. The fourth-order valence-corrected chi connectivity index (χ4v) is 4.09. The van der Waals surface area contributed by atoms with Crippen molar-refractivity contribution in [1.29, 1.82) is 0 Å². The average molecular weight is 453 g/mol. The minimum atomic E-state index is -4.67. The Morgan fingerprint density at radius 2 is 1.94 bits per heavy atom. The Kier molecular flexibility index (Phi) is 5.76. The van der Waals surface area contributed by atoms with Crippen molar-refractivity contribution in [3.8, 4) is 11.5 Å². The van der Waals surface area contributed by atoms with E-state index in [9.17, 15) is 22.8 Å². The van der Waals surface area contributed by atoms with Gasteiger partial charge in [0.25, 0.3) is 11.4 Å². The SMILES string of the molecule is CC[C@H](C)[C@H](Nc1nnc(-c2ccc(C(F)(F)F)[nH]c2=O)o1)C(=O)N1CCC2(CC1)CC2. The van der Waals surface area contributed by atoms with Gasteiger partial charge in [-0.15, -0.1) is 5.10 Å². The number of amides is 1. The first kappa shape index (κ1) is 22.3. The number of carbonyl (C=O) groups is 1. The maximum atomic E-state index is 13.2. The summed E-state index contributed by atoms with van der Waals surface area (Å²) >= 11 is 0. The monoisotopic (exact) mass is 453 g/mol. The Hall–Kier alpha value is -2.85. The highest BCUT2D eigenvalue weighted by molar-refractivity contribution is 5.84. The number of piperidine rings is 1. The zero-order valence-corrected chi connectivity index (χ0v) is 18.0. The molecule has 3 heterocycles. The van der Waals surface area contributed by atoms with Gasteiger partial charge in [-0.25, -0.2) is 0 Å². The highest BCUT2D eigenvalue weighted by Gasteiger charge is 2.46. The fraction of sp³-hybridized carbons (Fsp3) is 0.619. The predicted molar refractivity (Wildman–Crippen MR) is 110 cm³/mol. The van der Waals surface area contributed by atoms with Crippen LogP contribution in [0.5, 0.6) is 0 Å². The second-order valence-electron chi connectivity index (χ2n) is 8.86. The molecule has 2 fully saturated rings. The highest BCUT2D eigenvalue weighted by atomic mass is 19.4. The molecule has 0 radical (unpaired) electrons. The summed E-state index contributed by atoms with van der Waals surface area (Å²) in [5, 5.41) is 10.6. The lowest BCUT2D eigenvalue weighted by atomic mass is 9.92. The molecule has 174 valence electrons. The first-order chi connectivity index (χ1) is 15.1. The lowest BCUT2D eigenvalue weighted by Crippen LogP contribution is -2.49. The number of hydrogen-bond donors (Lipinski definition) is 2. The van der Waals surface area contributed by atoms with Gasteiger partial charge in [-0.1, -0.05) is 25.4 Å². The van der Waals surface area contributed by atoms with E-state index < -0.39 is 23.5 Å². The molecule has 2 aromatic rings. The van der Waals surface area contributed by atoms with E-state index in [1.165, 1.54) is 12.8 Å². The first-order valence-corrected chi connectivity index (χ1v) is 10.8. The number of H-pyrrole nitrogens is 1. The predicted octanol–water partition coefficient (Wildman–Crippen LogP) is 3.67. The van der Waals surface area contributed by atoms with E-state index in [0.717, 1.165) is 44.5 Å². The van der Waals surface area contributed by atoms with Gasteiger partial charge in [-0.3, -0.25) is 9.59 Å². The third kappa shape index (κ3) is 4.51. The molecule has 1 saturated heterocycles. The summed E-state index contributed by atoms with van der Waals surface area (Å²) in [4.78, 5) is 28.9. The number of aromatic amines is 1. The van der Waals surface area contributed by atoms with E-state index in [1.807, 2.05) is 18.7 Å². The van der Waals surface area contributed by atoms with Gasteiger partial charge in [0.15, 0.2) is 0 Å². The van der Waals surface area contributed by atoms with Crippen LogP contribution in [-0.2, 0) is 11.0 Å². The van der Waals surface area contributed by atoms with Crippen molar-refractivity contribution in [2.45, 2.75) is 58.2 Å². The molecule has 0 bridgehead atoms. The standard InChI is InChI=1S/C21H26F3N5O3/c1-3-12(2)15(18(31)29-10-8-20(6-7-20)9-11-29)26-19-28-27-17(32-19)13-4-5-14(21(22,23)24)25-16(13)30/h4-5,12,15H,3,6-11H2,1-2H3,(H,25,30)(H,26,28)/t12-,15-/m0/s1. The summed E-state index contributed by atoms with van der Waals surface area (Å²) in [5.74, 6) is -0.294. The molecule has 2 N–H and O–H groups in total. The van der Waals surface area contributed by atoms with E-state index >= 15 is 0 Å². The van der Waals surface area contributed by atoms with Crippen LogP contribution in [0.2, 0.25) is 0 Å². The van der Waals surface area contributed by atoms with Gasteiger partial charge in [-0.2, -0.15) is 13.2 Å². The number of likely N-dealkylation sites (tertiary alicyclic amines) is 1. The molecule has 11 heteroatoms. The van der Waals surface area contributed by atoms with Gasteiger partial charge < -0.3 is 19.6 Å². The zero-order valence-electron chi connectivity index (χ0n) is 18.0. The van der Waals surface area contributed by atoms with Crippen LogP contribution in [0.4, 0.5) is 19.2 Å². The minimum Gasteiger partial charge on any atom is -0.403 e. The Bertz CT molecular complexity index is 1030. The van der Waals surface area contributed by atoms with E-state index in [4.69, 9.17) is 4.42 Å². The van der Waals surface area contributed by atoms with E-state index in [1.54, 1.807) is 4.98 Å². The van der Waals surface area contributed by atoms with Crippen molar-refractivity contribution < 1.29 is 22.4 Å². The second kappa shape index (κ2) is 8.25. The number of carbonyl (C=O) groups excluding carboxylic acids is 1. The van der Waals surface area contributed by atoms with E-state index in [2.05, 4.69) is 15.5 Å². The first-order valence-electron chi connectivity index (χ1n) is 10.8. The van der Waals surface area contributed by atoms with Crippen LogP contribution in [0.3, 0.4) is 0 Å². The van der Waals surface area contributed by atoms with Crippen molar-refractivity contribution in [3.63, 3.8) is 0 Å². The molecular formula is C21H26F3N5O3. The normalized spacial score (nSPS) is 19.6. The largest absolute Gasteiger partial charge is 0.431 e. The molecule has 1 spiro atoms. The summed E-state index contributed by atoms with van der Waals surface area (Å²) < 4.78 is 43.8. The number of rotatable bonds is 6. The molecule has 1 aliphatic carbocycles. The number of nitrogens with one attached hydrogen (secondary N) is 2. The van der Waals surface area contributed by atoms with Gasteiger partial charge in [-0.05, 0) is 49.1 Å². The van der Waals surface area contributed by atoms with Crippen molar-refractivity contribution >= 4 is 11.9 Å². The summed E-state index contributed by atoms with van der Waals surface area (Å²) in [6.07, 6.45) is 0.601. The molecule has 1 saturated carbocycles. The van der Waals surface area contributed by atoms with Crippen LogP contribution in [0, 0.1) is 11.3 Å². The molecule has 4 rings (SSSR count). The number of aromatic nitrogens is 3. The second-order valence-corrected chi connectivity index (χ2v) is 8.86. The number of halogens is 3. The van der Waals surface area contributed by atoms with Crippen LogP contribution in [-0.4, -0.2) is 45.1 Å². The highest BCUT2D eigenvalue weighted by Crippen LogP contribution is 2.53. The summed E-state index contributed by atoms with van der Waals surface area (Å²) in [6, 6.07) is 1.07. The molecule has 8 nitrogen and oxygen atoms in total. The molecule has 2 aromatic heterocycles. The summed E-state index contributed by atoms with van der Waals surface area (Å²) in [5.41, 5.74) is -1.89. The quantitative estimate of drug-likeness (QED) is 0.692. The van der Waals surface area contributed by atoms with Crippen molar-refractivity contribution in [2.75, 3.05) is 18.4 Å². The molecule has 1 aliphatic heterocycles. The molecular weight excluding hydrogens is 427 g/mol. The van der Waals surface area contributed by atoms with Gasteiger partial charge in [0.2, 0.25) is 5.91 Å². The summed E-state index contributed by atoms with van der Waals surface area (Å²) in [6.45, 7) is 5.37. The zero-order chi connectivity index (χ0) is 23.1. The van der Waals surface area contributed by atoms with Crippen molar-refractivity contribution in [1.82, 2.24) is 20.1 Å². The lowest BCUT2D eigenvalue weighted by molar-refractivity contribution is -0.141. The number of pyridine rings is 1. The third-order valence-electron chi connectivity index (χ3n) is 6.72. The molecule has 2 atom stereocenters. The van der Waals surface area contributed by atoms with Crippen LogP contribution in [0.1, 0.15) is 51.6 Å². The fourth-order valence-electron chi connectivity index (χ4n) is 4.09. The summed E-state index contributed by atoms with van der Waals surface area (Å²) in [7, 11) is 0. The van der Waals surface area contributed by atoms with Crippen LogP contribution >= 0.6 is 0 Å². The molecule has 0 unspecified atom stereocenters. The van der Waals surface area contributed by atoms with Gasteiger partial charge in [0.1, 0.15) is 17.3 Å². The Labute approximate surface area is 182 Å². The Balaban J connectivity index is 1.49. The maximum absolute atomic E-state index is 13.2. The number of anilines is 1. The van der Waals surface area contributed by atoms with Crippen molar-refractivity contribution in [2.24, 2.45) is 11.3 Å². The van der Waals surface area contributed by atoms with Crippen LogP contribution < -0.4 is 10.9 Å².